The van der Waals surface area contributed by atoms with Crippen LogP contribution in [0.5, 0.6) is 5.75 Å². The molecule has 1 aliphatic heterocycles. The zero-order valence-corrected chi connectivity index (χ0v) is 16.3. The summed E-state index contributed by atoms with van der Waals surface area (Å²) in [5.41, 5.74) is 2.26. The minimum absolute atomic E-state index is 0.0896. The molecule has 5 nitrogen and oxygen atoms in total. The quantitative estimate of drug-likeness (QED) is 0.820. The van der Waals surface area contributed by atoms with Crippen LogP contribution in [0.4, 0.5) is 0 Å². The van der Waals surface area contributed by atoms with Crippen molar-refractivity contribution < 1.29 is 14.3 Å². The van der Waals surface area contributed by atoms with Crippen molar-refractivity contribution in [2.75, 3.05) is 13.7 Å². The third-order valence-corrected chi connectivity index (χ3v) is 4.67. The fraction of sp³-hybridized carbons (Fsp3) is 0.429. The number of carbonyl (C=O) groups excluding carboxylic acids is 1. The minimum atomic E-state index is -0.191. The van der Waals surface area contributed by atoms with Crippen molar-refractivity contribution in [1.29, 1.82) is 0 Å². The highest BCUT2D eigenvalue weighted by atomic mass is 16.5. The van der Waals surface area contributed by atoms with E-state index in [1.54, 1.807) is 25.6 Å². The van der Waals surface area contributed by atoms with Crippen molar-refractivity contribution in [2.45, 2.75) is 34.6 Å². The van der Waals surface area contributed by atoms with Gasteiger partial charge in [-0.25, -0.2) is 4.98 Å². The molecule has 0 amide bonds. The Hall–Kier alpha value is -2.56. The summed E-state index contributed by atoms with van der Waals surface area (Å²) in [6.07, 6.45) is 4.72. The Labute approximate surface area is 154 Å². The van der Waals surface area contributed by atoms with Crippen molar-refractivity contribution in [2.24, 2.45) is 10.8 Å². The first kappa shape index (κ1) is 18.2. The summed E-state index contributed by atoms with van der Waals surface area (Å²) in [7, 11) is 1.57. The molecular weight excluding hydrogens is 328 g/mol. The van der Waals surface area contributed by atoms with Crippen LogP contribution in [0.15, 0.2) is 42.5 Å². The number of nitrogens with zero attached hydrogens (tertiary/aromatic N) is 2. The van der Waals surface area contributed by atoms with Crippen LogP contribution >= 0.6 is 0 Å². The molecule has 1 aliphatic rings. The molecule has 0 saturated heterocycles. The Morgan fingerprint density at radius 1 is 1.31 bits per heavy atom. The van der Waals surface area contributed by atoms with Crippen molar-refractivity contribution in [3.63, 3.8) is 0 Å². The SMILES string of the molecule is COc1cccc(C2=C(C(C)(C)C)C(C)(C)CO2)c1C(=O)n1ccnc1. The molecule has 1 aromatic heterocycles. The predicted octanol–water partition coefficient (Wildman–Crippen LogP) is 4.39. The standard InChI is InChI=1S/C21H26N2O3/c1-20(2,3)18-17(26-12-21(18,4)5)14-8-7-9-15(25-6)16(14)19(24)23-11-10-22-13-23/h7-11,13H,12H2,1-6H3. The van der Waals surface area contributed by atoms with Crippen LogP contribution in [0.1, 0.15) is 50.5 Å². The zero-order chi connectivity index (χ0) is 19.1. The number of imidazole rings is 1. The lowest BCUT2D eigenvalue weighted by molar-refractivity contribution is 0.0956. The summed E-state index contributed by atoms with van der Waals surface area (Å²) in [5.74, 6) is 1.11. The van der Waals surface area contributed by atoms with Crippen molar-refractivity contribution in [1.82, 2.24) is 9.55 Å². The summed E-state index contributed by atoms with van der Waals surface area (Å²) >= 11 is 0. The Morgan fingerprint density at radius 3 is 2.62 bits per heavy atom. The van der Waals surface area contributed by atoms with Gasteiger partial charge in [-0.05, 0) is 17.1 Å². The molecule has 0 spiro atoms. The van der Waals surface area contributed by atoms with Gasteiger partial charge in [-0.2, -0.15) is 0 Å². The molecule has 2 heterocycles. The minimum Gasteiger partial charge on any atom is -0.496 e. The molecule has 0 fully saturated rings. The molecule has 0 unspecified atom stereocenters. The number of methoxy groups -OCH3 is 1. The maximum absolute atomic E-state index is 13.1. The lowest BCUT2D eigenvalue weighted by Gasteiger charge is -2.31. The fourth-order valence-electron chi connectivity index (χ4n) is 3.89. The second-order valence-corrected chi connectivity index (χ2v) is 8.28. The lowest BCUT2D eigenvalue weighted by Crippen LogP contribution is -2.24. The lowest BCUT2D eigenvalue weighted by atomic mass is 9.71. The molecule has 0 atom stereocenters. The third-order valence-electron chi connectivity index (χ3n) is 4.67. The van der Waals surface area contributed by atoms with Gasteiger partial charge in [0.05, 0.1) is 19.3 Å². The van der Waals surface area contributed by atoms with E-state index in [0.29, 0.717) is 17.9 Å². The van der Waals surface area contributed by atoms with Crippen molar-refractivity contribution in [3.8, 4) is 5.75 Å². The van der Waals surface area contributed by atoms with E-state index in [1.165, 1.54) is 16.5 Å². The first-order valence-electron chi connectivity index (χ1n) is 8.75. The number of aromatic nitrogens is 2. The summed E-state index contributed by atoms with van der Waals surface area (Å²) in [6.45, 7) is 11.5. The second-order valence-electron chi connectivity index (χ2n) is 8.28. The average molecular weight is 354 g/mol. The maximum atomic E-state index is 13.1. The predicted molar refractivity (Wildman–Crippen MR) is 101 cm³/mol. The molecule has 0 radical (unpaired) electrons. The Balaban J connectivity index is 2.28. The van der Waals surface area contributed by atoms with Gasteiger partial charge in [0.15, 0.2) is 0 Å². The van der Waals surface area contributed by atoms with Crippen LogP contribution < -0.4 is 4.74 Å². The van der Waals surface area contributed by atoms with E-state index in [4.69, 9.17) is 9.47 Å². The van der Waals surface area contributed by atoms with E-state index >= 15 is 0 Å². The largest absolute Gasteiger partial charge is 0.496 e. The van der Waals surface area contributed by atoms with Crippen molar-refractivity contribution in [3.05, 3.63) is 53.6 Å². The highest BCUT2D eigenvalue weighted by Gasteiger charge is 2.42. The molecule has 0 bridgehead atoms. The highest BCUT2D eigenvalue weighted by Crippen LogP contribution is 2.50. The Kier molecular flexibility index (Phi) is 4.42. The molecule has 3 rings (SSSR count). The van der Waals surface area contributed by atoms with E-state index in [1.807, 2.05) is 12.1 Å². The van der Waals surface area contributed by atoms with Crippen LogP contribution in [-0.4, -0.2) is 29.2 Å². The van der Waals surface area contributed by atoms with Gasteiger partial charge in [0.25, 0.3) is 5.91 Å². The number of hydrogen-bond donors (Lipinski definition) is 0. The summed E-state index contributed by atoms with van der Waals surface area (Å²) in [6, 6.07) is 5.61. The molecule has 0 saturated carbocycles. The van der Waals surface area contributed by atoms with E-state index < -0.39 is 0 Å². The van der Waals surface area contributed by atoms with Gasteiger partial charge in [-0.3, -0.25) is 9.36 Å². The molecule has 26 heavy (non-hydrogen) atoms. The van der Waals surface area contributed by atoms with Crippen LogP contribution in [0.25, 0.3) is 5.76 Å². The molecule has 5 heteroatoms. The summed E-state index contributed by atoms with van der Waals surface area (Å²) < 4.78 is 13.1. The Morgan fingerprint density at radius 2 is 2.04 bits per heavy atom. The van der Waals surface area contributed by atoms with Gasteiger partial charge in [-0.15, -0.1) is 0 Å². The van der Waals surface area contributed by atoms with Gasteiger partial charge < -0.3 is 9.47 Å². The van der Waals surface area contributed by atoms with Crippen LogP contribution in [0.3, 0.4) is 0 Å². The normalized spacial score (nSPS) is 16.5. The van der Waals surface area contributed by atoms with Gasteiger partial charge in [0.2, 0.25) is 0 Å². The monoisotopic (exact) mass is 354 g/mol. The third kappa shape index (κ3) is 3.02. The average Bonchev–Trinajstić information content (AvgIpc) is 3.20. The van der Waals surface area contributed by atoms with E-state index in [9.17, 15) is 4.79 Å². The number of rotatable bonds is 3. The molecular formula is C21H26N2O3. The highest BCUT2D eigenvalue weighted by molar-refractivity contribution is 6.03. The summed E-state index contributed by atoms with van der Waals surface area (Å²) in [5, 5.41) is 0. The zero-order valence-electron chi connectivity index (χ0n) is 16.3. The van der Waals surface area contributed by atoms with Crippen LogP contribution in [-0.2, 0) is 4.74 Å². The maximum Gasteiger partial charge on any atom is 0.267 e. The van der Waals surface area contributed by atoms with E-state index in [2.05, 4.69) is 39.6 Å². The molecule has 0 aliphatic carbocycles. The molecule has 2 aromatic rings. The first-order valence-corrected chi connectivity index (χ1v) is 8.75. The molecule has 138 valence electrons. The van der Waals surface area contributed by atoms with Crippen LogP contribution in [0.2, 0.25) is 0 Å². The van der Waals surface area contributed by atoms with Crippen LogP contribution in [0, 0.1) is 10.8 Å². The van der Waals surface area contributed by atoms with Gasteiger partial charge in [-0.1, -0.05) is 46.8 Å². The van der Waals surface area contributed by atoms with Gasteiger partial charge in [0, 0.05) is 23.4 Å². The van der Waals surface area contributed by atoms with Crippen molar-refractivity contribution >= 4 is 11.7 Å². The number of hydrogen-bond acceptors (Lipinski definition) is 4. The summed E-state index contributed by atoms with van der Waals surface area (Å²) in [4.78, 5) is 17.1. The molecule has 0 N–H and O–H groups in total. The topological polar surface area (TPSA) is 53.4 Å². The van der Waals surface area contributed by atoms with E-state index in [0.717, 1.165) is 11.3 Å². The van der Waals surface area contributed by atoms with Gasteiger partial charge in [0.1, 0.15) is 17.8 Å². The second kappa shape index (κ2) is 6.31. The number of benzene rings is 1. The molecule has 1 aromatic carbocycles. The van der Waals surface area contributed by atoms with E-state index in [-0.39, 0.29) is 16.7 Å². The smallest absolute Gasteiger partial charge is 0.267 e. The fourth-order valence-corrected chi connectivity index (χ4v) is 3.89. The number of ether oxygens (including phenoxy) is 2. The first-order chi connectivity index (χ1) is 12.2. The Bertz CT molecular complexity index is 856. The number of carbonyl (C=O) groups is 1. The van der Waals surface area contributed by atoms with Gasteiger partial charge >= 0.3 is 0 Å².